The molecular weight excluding hydrogens is 158 g/mol. The maximum atomic E-state index is 8.68. The Kier molecular flexibility index (Phi) is 8.26. The van der Waals surface area contributed by atoms with E-state index in [0.29, 0.717) is 6.61 Å². The molecule has 2 N–H and O–H groups in total. The Morgan fingerprint density at radius 3 is 2.42 bits per heavy atom. The van der Waals surface area contributed by atoms with Gasteiger partial charge in [0.1, 0.15) is 19.7 Å². The second-order valence-corrected chi connectivity index (χ2v) is 3.14. The van der Waals surface area contributed by atoms with Crippen molar-refractivity contribution in [3.8, 4) is 0 Å². The summed E-state index contributed by atoms with van der Waals surface area (Å²) >= 11 is 0. The molecule has 0 aromatic rings. The van der Waals surface area contributed by atoms with Crippen LogP contribution in [0.3, 0.4) is 0 Å². The normalized spacial score (nSPS) is 10.2. The fourth-order valence-electron chi connectivity index (χ4n) is 0.766. The number of quaternary nitrogens is 1. The molecule has 4 nitrogen and oxygen atoms in total. The van der Waals surface area contributed by atoms with Gasteiger partial charge < -0.3 is 19.8 Å². The van der Waals surface area contributed by atoms with Crippen molar-refractivity contribution in [1.82, 2.24) is 0 Å². The van der Waals surface area contributed by atoms with Crippen molar-refractivity contribution in [1.29, 1.82) is 0 Å². The largest absolute Gasteiger partial charge is 0.870 e. The van der Waals surface area contributed by atoms with Gasteiger partial charge in [0.2, 0.25) is 0 Å². The summed E-state index contributed by atoms with van der Waals surface area (Å²) in [6.07, 6.45) is 1.44. The minimum absolute atomic E-state index is 0. The molecule has 0 aliphatic rings. The zero-order chi connectivity index (χ0) is 8.74. The Labute approximate surface area is 74.0 Å². The van der Waals surface area contributed by atoms with Gasteiger partial charge in [-0.05, 0) is 0 Å². The summed E-state index contributed by atoms with van der Waals surface area (Å²) in [6.45, 7) is 5.99. The molecule has 0 unspecified atom stereocenters. The van der Waals surface area contributed by atoms with Crippen molar-refractivity contribution < 1.29 is 19.8 Å². The van der Waals surface area contributed by atoms with E-state index in [4.69, 9.17) is 9.84 Å². The zero-order valence-electron chi connectivity index (χ0n) is 7.86. The quantitative estimate of drug-likeness (QED) is 0.354. The molecule has 0 aromatic heterocycles. The van der Waals surface area contributed by atoms with Crippen LogP contribution in [0.1, 0.15) is 0 Å². The van der Waals surface area contributed by atoms with E-state index < -0.39 is 0 Å². The van der Waals surface area contributed by atoms with Gasteiger partial charge in [0.25, 0.3) is 0 Å². The first-order valence-corrected chi connectivity index (χ1v) is 3.78. The van der Waals surface area contributed by atoms with Crippen LogP contribution in [0, 0.1) is 0 Å². The highest BCUT2D eigenvalue weighted by molar-refractivity contribution is 4.48. The Morgan fingerprint density at radius 1 is 1.42 bits per heavy atom. The molecule has 74 valence electrons. The van der Waals surface area contributed by atoms with Crippen LogP contribution in [0.2, 0.25) is 0 Å². The number of rotatable bonds is 6. The summed E-state index contributed by atoms with van der Waals surface area (Å²) < 4.78 is 5.76. The molecule has 0 atom stereocenters. The number of likely N-dealkylation sites (N-methyl/N-ethyl adjacent to an activating group) is 1. The zero-order valence-corrected chi connectivity index (χ0v) is 7.86. The summed E-state index contributed by atoms with van der Waals surface area (Å²) in [5, 5.41) is 8.68. The van der Waals surface area contributed by atoms with Crippen molar-refractivity contribution in [3.05, 3.63) is 12.8 Å². The third kappa shape index (κ3) is 7.53. The predicted molar refractivity (Wildman–Crippen MR) is 47.0 cm³/mol. The highest BCUT2D eigenvalue weighted by Gasteiger charge is 2.12. The third-order valence-electron chi connectivity index (χ3n) is 1.64. The SMILES string of the molecule is C=COCC[N+](C)(C)CCO.[OH-]. The molecule has 0 bridgehead atoms. The lowest BCUT2D eigenvalue weighted by Gasteiger charge is -2.28. The summed E-state index contributed by atoms with van der Waals surface area (Å²) in [4.78, 5) is 0. The van der Waals surface area contributed by atoms with Gasteiger partial charge in [0.05, 0.1) is 27.0 Å². The lowest BCUT2D eigenvalue weighted by atomic mass is 10.4. The van der Waals surface area contributed by atoms with Gasteiger partial charge in [-0.25, -0.2) is 0 Å². The standard InChI is InChI=1S/C8H18NO2.H2O/c1-4-11-8-6-9(2,3)5-7-10;/h4,10H,1,5-8H2,2-3H3;1H2/q+1;/p-1. The van der Waals surface area contributed by atoms with Crippen molar-refractivity contribution in [2.24, 2.45) is 0 Å². The predicted octanol–water partition coefficient (Wildman–Crippen LogP) is 0.0384. The fourth-order valence-corrected chi connectivity index (χ4v) is 0.766. The molecule has 0 spiro atoms. The minimum atomic E-state index is 0. The van der Waals surface area contributed by atoms with E-state index in [9.17, 15) is 0 Å². The van der Waals surface area contributed by atoms with Crippen LogP contribution >= 0.6 is 0 Å². The van der Waals surface area contributed by atoms with Gasteiger partial charge in [-0.2, -0.15) is 0 Å². The molecule has 12 heavy (non-hydrogen) atoms. The molecule has 4 heteroatoms. The first-order valence-electron chi connectivity index (χ1n) is 3.78. The topological polar surface area (TPSA) is 59.5 Å². The van der Waals surface area contributed by atoms with E-state index in [1.807, 2.05) is 0 Å². The number of hydrogen-bond donors (Lipinski definition) is 1. The summed E-state index contributed by atoms with van der Waals surface area (Å²) in [7, 11) is 4.12. The fraction of sp³-hybridized carbons (Fsp3) is 0.750. The molecule has 0 aliphatic carbocycles. The average Bonchev–Trinajstić information content (AvgIpc) is 1.87. The number of ether oxygens (including phenoxy) is 1. The first kappa shape index (κ1) is 14.0. The lowest BCUT2D eigenvalue weighted by Crippen LogP contribution is -2.44. The van der Waals surface area contributed by atoms with Crippen LogP contribution in [0.4, 0.5) is 0 Å². The van der Waals surface area contributed by atoms with E-state index in [2.05, 4.69) is 20.7 Å². The van der Waals surface area contributed by atoms with Crippen molar-refractivity contribution in [2.45, 2.75) is 0 Å². The first-order chi connectivity index (χ1) is 5.12. The van der Waals surface area contributed by atoms with Crippen molar-refractivity contribution >= 4 is 0 Å². The summed E-state index contributed by atoms with van der Waals surface area (Å²) in [5.41, 5.74) is 0. The molecule has 0 aliphatic heterocycles. The van der Waals surface area contributed by atoms with Crippen LogP contribution in [0.5, 0.6) is 0 Å². The number of aliphatic hydroxyl groups excluding tert-OH is 1. The van der Waals surface area contributed by atoms with Gasteiger partial charge >= 0.3 is 0 Å². The smallest absolute Gasteiger partial charge is 0.136 e. The van der Waals surface area contributed by atoms with E-state index >= 15 is 0 Å². The van der Waals surface area contributed by atoms with Crippen LogP contribution < -0.4 is 0 Å². The molecule has 0 fully saturated rings. The molecule has 0 saturated carbocycles. The Morgan fingerprint density at radius 2 is 2.00 bits per heavy atom. The van der Waals surface area contributed by atoms with Gasteiger partial charge in [0.15, 0.2) is 0 Å². The lowest BCUT2D eigenvalue weighted by molar-refractivity contribution is -0.890. The molecular formula is C8H19NO3. The number of hydrogen-bond acceptors (Lipinski definition) is 3. The second kappa shape index (κ2) is 7.09. The molecule has 0 radical (unpaired) electrons. The molecule has 0 aromatic carbocycles. The van der Waals surface area contributed by atoms with Gasteiger partial charge in [-0.15, -0.1) is 0 Å². The van der Waals surface area contributed by atoms with Crippen LogP contribution in [-0.4, -0.2) is 55.5 Å². The molecule has 0 saturated heterocycles. The van der Waals surface area contributed by atoms with Crippen LogP contribution in [0.15, 0.2) is 12.8 Å². The number of aliphatic hydroxyl groups is 1. The minimum Gasteiger partial charge on any atom is -0.870 e. The van der Waals surface area contributed by atoms with Crippen LogP contribution in [-0.2, 0) is 4.74 Å². The maximum Gasteiger partial charge on any atom is 0.136 e. The highest BCUT2D eigenvalue weighted by atomic mass is 16.5. The van der Waals surface area contributed by atoms with Gasteiger partial charge in [-0.3, -0.25) is 0 Å². The maximum absolute atomic E-state index is 8.68. The van der Waals surface area contributed by atoms with Crippen molar-refractivity contribution in [3.63, 3.8) is 0 Å². The molecule has 0 amide bonds. The van der Waals surface area contributed by atoms with E-state index in [1.165, 1.54) is 6.26 Å². The third-order valence-corrected chi connectivity index (χ3v) is 1.64. The monoisotopic (exact) mass is 177 g/mol. The summed E-state index contributed by atoms with van der Waals surface area (Å²) in [5.74, 6) is 0. The Hall–Kier alpha value is -0.580. The van der Waals surface area contributed by atoms with Crippen molar-refractivity contribution in [2.75, 3.05) is 40.4 Å². The second-order valence-electron chi connectivity index (χ2n) is 3.14. The van der Waals surface area contributed by atoms with E-state index in [0.717, 1.165) is 17.6 Å². The Bertz CT molecular complexity index is 115. The summed E-state index contributed by atoms with van der Waals surface area (Å²) in [6, 6.07) is 0. The van der Waals surface area contributed by atoms with E-state index in [-0.39, 0.29) is 12.1 Å². The van der Waals surface area contributed by atoms with Gasteiger partial charge in [0, 0.05) is 0 Å². The van der Waals surface area contributed by atoms with Crippen LogP contribution in [0.25, 0.3) is 0 Å². The van der Waals surface area contributed by atoms with Gasteiger partial charge in [-0.1, -0.05) is 6.58 Å². The Balaban J connectivity index is 0. The number of nitrogens with zero attached hydrogens (tertiary/aromatic N) is 1. The molecule has 0 heterocycles. The van der Waals surface area contributed by atoms with E-state index in [1.54, 1.807) is 0 Å². The molecule has 0 rings (SSSR count). The average molecular weight is 177 g/mol. The highest BCUT2D eigenvalue weighted by Crippen LogP contribution is 1.94.